The monoisotopic (exact) mass is 218 g/mol. The van der Waals surface area contributed by atoms with Crippen LogP contribution in [0.3, 0.4) is 0 Å². The average molecular weight is 218 g/mol. The molecule has 1 aromatic rings. The van der Waals surface area contributed by atoms with Crippen molar-refractivity contribution in [2.45, 2.75) is 26.7 Å². The Balaban J connectivity index is 2.91. The number of anilines is 1. The van der Waals surface area contributed by atoms with Gasteiger partial charge in [-0.15, -0.1) is 6.58 Å². The maximum Gasteiger partial charge on any atom is 0.185 e. The van der Waals surface area contributed by atoms with Gasteiger partial charge < -0.3 is 5.73 Å². The van der Waals surface area contributed by atoms with Gasteiger partial charge >= 0.3 is 0 Å². The normalized spacial score (nSPS) is 10.4. The van der Waals surface area contributed by atoms with Crippen molar-refractivity contribution in [3.8, 4) is 0 Å². The van der Waals surface area contributed by atoms with E-state index in [1.807, 2.05) is 26.0 Å². The predicted molar refractivity (Wildman–Crippen MR) is 66.3 cm³/mol. The summed E-state index contributed by atoms with van der Waals surface area (Å²) < 4.78 is 0. The van der Waals surface area contributed by atoms with Crippen molar-refractivity contribution >= 4 is 11.5 Å². The van der Waals surface area contributed by atoms with Gasteiger partial charge in [-0.3, -0.25) is 9.78 Å². The van der Waals surface area contributed by atoms with E-state index < -0.39 is 0 Å². The van der Waals surface area contributed by atoms with Crippen molar-refractivity contribution in [1.29, 1.82) is 0 Å². The second-order valence-electron chi connectivity index (χ2n) is 4.13. The Hall–Kier alpha value is -1.64. The number of hydrogen-bond acceptors (Lipinski definition) is 3. The second-order valence-corrected chi connectivity index (χ2v) is 4.13. The average Bonchev–Trinajstić information content (AvgIpc) is 2.25. The first-order chi connectivity index (χ1) is 7.56. The van der Waals surface area contributed by atoms with Crippen molar-refractivity contribution in [2.75, 3.05) is 5.73 Å². The van der Waals surface area contributed by atoms with E-state index in [9.17, 15) is 4.79 Å². The van der Waals surface area contributed by atoms with Gasteiger partial charge in [0, 0.05) is 12.1 Å². The number of allylic oxidation sites excluding steroid dienone is 1. The summed E-state index contributed by atoms with van der Waals surface area (Å²) in [5.41, 5.74) is 7.72. The van der Waals surface area contributed by atoms with Gasteiger partial charge in [0.2, 0.25) is 0 Å². The maximum atomic E-state index is 11.7. The Kier molecular flexibility index (Phi) is 4.23. The summed E-state index contributed by atoms with van der Waals surface area (Å²) in [6.45, 7) is 7.35. The van der Waals surface area contributed by atoms with E-state index in [1.54, 1.807) is 6.20 Å². The third kappa shape index (κ3) is 2.92. The van der Waals surface area contributed by atoms with E-state index in [2.05, 4.69) is 11.6 Å². The fraction of sp³-hybridized carbons (Fsp3) is 0.385. The van der Waals surface area contributed by atoms with Crippen LogP contribution in [0.5, 0.6) is 0 Å². The fourth-order valence-corrected chi connectivity index (χ4v) is 1.41. The van der Waals surface area contributed by atoms with Gasteiger partial charge in [-0.25, -0.2) is 0 Å². The van der Waals surface area contributed by atoms with Gasteiger partial charge in [-0.05, 0) is 24.5 Å². The number of rotatable bonds is 5. The lowest BCUT2D eigenvalue weighted by Crippen LogP contribution is -2.12. The highest BCUT2D eigenvalue weighted by molar-refractivity contribution is 6.00. The molecule has 0 aliphatic carbocycles. The number of aryl methyl sites for hydroxylation is 1. The molecule has 1 aromatic heterocycles. The van der Waals surface area contributed by atoms with Crippen LogP contribution in [0.25, 0.3) is 0 Å². The zero-order valence-corrected chi connectivity index (χ0v) is 9.86. The molecule has 0 bridgehead atoms. The van der Waals surface area contributed by atoms with Gasteiger partial charge in [0.15, 0.2) is 5.78 Å². The number of nitrogen functional groups attached to an aromatic ring is 1. The van der Waals surface area contributed by atoms with Crippen LogP contribution >= 0.6 is 0 Å². The van der Waals surface area contributed by atoms with Gasteiger partial charge in [0.25, 0.3) is 0 Å². The largest absolute Gasteiger partial charge is 0.397 e. The number of nitrogens with zero attached hydrogens (tertiary/aromatic N) is 1. The molecule has 0 aromatic carbocycles. The SMILES string of the molecule is C=CCCc1cnc(C(=O)C(C)C)c(N)c1. The van der Waals surface area contributed by atoms with Gasteiger partial charge in [0.1, 0.15) is 5.69 Å². The first kappa shape index (κ1) is 12.4. The van der Waals surface area contributed by atoms with E-state index in [4.69, 9.17) is 5.73 Å². The molecule has 0 saturated heterocycles. The Morgan fingerprint density at radius 2 is 2.31 bits per heavy atom. The molecule has 0 radical (unpaired) electrons. The Labute approximate surface area is 96.4 Å². The van der Waals surface area contributed by atoms with Crippen LogP contribution in [0.2, 0.25) is 0 Å². The minimum Gasteiger partial charge on any atom is -0.397 e. The molecule has 0 spiro atoms. The summed E-state index contributed by atoms with van der Waals surface area (Å²) in [7, 11) is 0. The molecule has 86 valence electrons. The van der Waals surface area contributed by atoms with Gasteiger partial charge in [0.05, 0.1) is 5.69 Å². The van der Waals surface area contributed by atoms with Crippen LogP contribution in [-0.2, 0) is 6.42 Å². The van der Waals surface area contributed by atoms with E-state index in [0.717, 1.165) is 18.4 Å². The van der Waals surface area contributed by atoms with Crippen LogP contribution in [0.15, 0.2) is 24.9 Å². The maximum absolute atomic E-state index is 11.7. The van der Waals surface area contributed by atoms with Crippen LogP contribution in [-0.4, -0.2) is 10.8 Å². The molecule has 0 fully saturated rings. The number of nitrogens with two attached hydrogens (primary N) is 1. The molecule has 0 aliphatic rings. The van der Waals surface area contributed by atoms with Crippen molar-refractivity contribution in [1.82, 2.24) is 4.98 Å². The molecule has 3 heteroatoms. The topological polar surface area (TPSA) is 56.0 Å². The third-order valence-electron chi connectivity index (χ3n) is 2.37. The van der Waals surface area contributed by atoms with E-state index in [1.165, 1.54) is 0 Å². The summed E-state index contributed by atoms with van der Waals surface area (Å²) in [6, 6.07) is 1.83. The summed E-state index contributed by atoms with van der Waals surface area (Å²) in [6.07, 6.45) is 5.31. The number of carbonyl (C=O) groups excluding carboxylic acids is 1. The number of aromatic nitrogens is 1. The molecule has 0 unspecified atom stereocenters. The van der Waals surface area contributed by atoms with Crippen molar-refractivity contribution in [3.05, 3.63) is 36.2 Å². The first-order valence-corrected chi connectivity index (χ1v) is 5.45. The van der Waals surface area contributed by atoms with Crippen LogP contribution in [0.4, 0.5) is 5.69 Å². The minimum absolute atomic E-state index is 0.00669. The molecule has 2 N–H and O–H groups in total. The predicted octanol–water partition coefficient (Wildman–Crippen LogP) is 2.62. The number of Topliss-reactive ketones (excluding diaryl/α,β-unsaturated/α-hetero) is 1. The van der Waals surface area contributed by atoms with E-state index >= 15 is 0 Å². The highest BCUT2D eigenvalue weighted by Crippen LogP contribution is 2.16. The lowest BCUT2D eigenvalue weighted by molar-refractivity contribution is 0.0935. The third-order valence-corrected chi connectivity index (χ3v) is 2.37. The number of carbonyl (C=O) groups is 1. The van der Waals surface area contributed by atoms with Crippen LogP contribution < -0.4 is 5.73 Å². The Morgan fingerprint density at radius 1 is 1.62 bits per heavy atom. The second kappa shape index (κ2) is 5.45. The molecular formula is C13H18N2O. The molecule has 1 rings (SSSR count). The zero-order chi connectivity index (χ0) is 12.1. The van der Waals surface area contributed by atoms with Gasteiger partial charge in [-0.1, -0.05) is 19.9 Å². The van der Waals surface area contributed by atoms with Gasteiger partial charge in [-0.2, -0.15) is 0 Å². The zero-order valence-electron chi connectivity index (χ0n) is 9.86. The summed E-state index contributed by atoms with van der Waals surface area (Å²) in [5, 5.41) is 0. The molecule has 1 heterocycles. The molecule has 0 saturated carbocycles. The summed E-state index contributed by atoms with van der Waals surface area (Å²) in [4.78, 5) is 15.9. The first-order valence-electron chi connectivity index (χ1n) is 5.45. The van der Waals surface area contributed by atoms with Crippen LogP contribution in [0.1, 0.15) is 36.3 Å². The number of ketones is 1. The lowest BCUT2D eigenvalue weighted by atomic mass is 10.0. The van der Waals surface area contributed by atoms with E-state index in [0.29, 0.717) is 11.4 Å². The fourth-order valence-electron chi connectivity index (χ4n) is 1.41. The molecule has 3 nitrogen and oxygen atoms in total. The number of hydrogen-bond donors (Lipinski definition) is 1. The minimum atomic E-state index is -0.0752. The lowest BCUT2D eigenvalue weighted by Gasteiger charge is -2.08. The molecule has 0 aliphatic heterocycles. The van der Waals surface area contributed by atoms with Crippen molar-refractivity contribution in [3.63, 3.8) is 0 Å². The molecule has 0 atom stereocenters. The standard InChI is InChI=1S/C13H18N2O/c1-4-5-6-10-7-11(14)12(15-8-10)13(16)9(2)3/h4,7-9H,1,5-6,14H2,2-3H3. The van der Waals surface area contributed by atoms with Crippen LogP contribution in [0, 0.1) is 5.92 Å². The van der Waals surface area contributed by atoms with Crippen molar-refractivity contribution < 1.29 is 4.79 Å². The Bertz CT molecular complexity index is 397. The molecular weight excluding hydrogens is 200 g/mol. The van der Waals surface area contributed by atoms with E-state index in [-0.39, 0.29) is 11.7 Å². The quantitative estimate of drug-likeness (QED) is 0.610. The smallest absolute Gasteiger partial charge is 0.185 e. The number of pyridine rings is 1. The van der Waals surface area contributed by atoms with Crippen molar-refractivity contribution in [2.24, 2.45) is 5.92 Å². The summed E-state index contributed by atoms with van der Waals surface area (Å²) in [5.74, 6) is -0.0819. The summed E-state index contributed by atoms with van der Waals surface area (Å²) >= 11 is 0. The highest BCUT2D eigenvalue weighted by Gasteiger charge is 2.15. The highest BCUT2D eigenvalue weighted by atomic mass is 16.1. The Morgan fingerprint density at radius 3 is 2.81 bits per heavy atom. The molecule has 16 heavy (non-hydrogen) atoms. The molecule has 0 amide bonds.